The fourth-order valence-electron chi connectivity index (χ4n) is 3.32. The van der Waals surface area contributed by atoms with Crippen molar-refractivity contribution in [1.29, 1.82) is 0 Å². The predicted molar refractivity (Wildman–Crippen MR) is 92.5 cm³/mol. The Morgan fingerprint density at radius 3 is 2.79 bits per heavy atom. The van der Waals surface area contributed by atoms with E-state index in [0.29, 0.717) is 29.6 Å². The van der Waals surface area contributed by atoms with Gasteiger partial charge in [-0.05, 0) is 25.3 Å². The van der Waals surface area contributed by atoms with Gasteiger partial charge < -0.3 is 15.1 Å². The summed E-state index contributed by atoms with van der Waals surface area (Å²) in [6.07, 6.45) is 3.99. The maximum absolute atomic E-state index is 13.0. The van der Waals surface area contributed by atoms with E-state index in [0.717, 1.165) is 25.5 Å². The summed E-state index contributed by atoms with van der Waals surface area (Å²) in [7, 11) is -3.30. The second kappa shape index (κ2) is 6.57. The number of hydrogen-bond donors (Lipinski definition) is 1. The first kappa shape index (κ1) is 17.0. The van der Waals surface area contributed by atoms with E-state index in [1.54, 1.807) is 23.1 Å². The van der Waals surface area contributed by atoms with E-state index in [4.69, 9.17) is 10.2 Å². The average molecular weight is 350 g/mol. The Balaban J connectivity index is 2.07. The van der Waals surface area contributed by atoms with Crippen LogP contribution in [0.4, 0.5) is 0 Å². The number of carbonyl (C=O) groups excluding carboxylic acids is 1. The van der Waals surface area contributed by atoms with E-state index in [1.807, 2.05) is 6.07 Å². The maximum atomic E-state index is 13.0. The largest absolute Gasteiger partial charge is 0.451 e. The number of benzene rings is 1. The van der Waals surface area contributed by atoms with Crippen LogP contribution in [0.3, 0.4) is 0 Å². The minimum absolute atomic E-state index is 0.0226. The maximum Gasteiger partial charge on any atom is 0.290 e. The normalized spacial score (nSPS) is 18.9. The van der Waals surface area contributed by atoms with Crippen LogP contribution < -0.4 is 5.73 Å². The summed E-state index contributed by atoms with van der Waals surface area (Å²) >= 11 is 0. The Bertz CT molecular complexity index is 857. The zero-order valence-electron chi connectivity index (χ0n) is 13.7. The number of nitrogens with zero attached hydrogens (tertiary/aromatic N) is 1. The van der Waals surface area contributed by atoms with Crippen LogP contribution in [-0.4, -0.2) is 44.6 Å². The van der Waals surface area contributed by atoms with Crippen LogP contribution in [0.1, 0.15) is 35.4 Å². The van der Waals surface area contributed by atoms with Crippen LogP contribution in [0, 0.1) is 0 Å². The third kappa shape index (κ3) is 3.32. The highest BCUT2D eigenvalue weighted by molar-refractivity contribution is 7.89. The molecule has 1 aliphatic heterocycles. The van der Waals surface area contributed by atoms with Gasteiger partial charge in [0.1, 0.15) is 5.58 Å². The van der Waals surface area contributed by atoms with Gasteiger partial charge in [0.15, 0.2) is 15.6 Å². The highest BCUT2D eigenvalue weighted by atomic mass is 32.2. The topological polar surface area (TPSA) is 93.6 Å². The zero-order valence-corrected chi connectivity index (χ0v) is 14.5. The Labute approximate surface area is 141 Å². The smallest absolute Gasteiger partial charge is 0.290 e. The molecule has 1 aromatic heterocycles. The van der Waals surface area contributed by atoms with Crippen molar-refractivity contribution in [3.8, 4) is 0 Å². The molecule has 7 heteroatoms. The van der Waals surface area contributed by atoms with Crippen molar-refractivity contribution in [2.45, 2.75) is 31.1 Å². The first-order valence-electron chi connectivity index (χ1n) is 8.10. The first-order valence-corrected chi connectivity index (χ1v) is 10.2. The van der Waals surface area contributed by atoms with Gasteiger partial charge in [-0.25, -0.2) is 8.42 Å². The molecule has 2 heterocycles. The summed E-state index contributed by atoms with van der Waals surface area (Å²) in [5.74, 6) is -0.353. The third-order valence-electron chi connectivity index (χ3n) is 4.46. The minimum atomic E-state index is -3.30. The van der Waals surface area contributed by atoms with Gasteiger partial charge in [0.25, 0.3) is 5.91 Å². The molecule has 1 aliphatic rings. The lowest BCUT2D eigenvalue weighted by molar-refractivity contribution is 0.0592. The predicted octanol–water partition coefficient (Wildman–Crippen LogP) is 1.93. The monoisotopic (exact) mass is 350 g/mol. The lowest BCUT2D eigenvalue weighted by Gasteiger charge is -2.34. The summed E-state index contributed by atoms with van der Waals surface area (Å²) in [6.45, 7) is 1.02. The Hall–Kier alpha value is -1.86. The van der Waals surface area contributed by atoms with Gasteiger partial charge in [-0.15, -0.1) is 0 Å². The van der Waals surface area contributed by atoms with Crippen LogP contribution in [0.25, 0.3) is 11.0 Å². The van der Waals surface area contributed by atoms with Crippen LogP contribution >= 0.6 is 0 Å². The standard InChI is InChI=1S/C17H22N2O4S/c1-24(21,22)11-14-13-7-2-3-8-15(13)23-16(14)17(20)19-9-5-4-6-12(19)10-18/h2-3,7-8,12H,4-6,9-11,18H2,1H3/t12-/m0/s1. The van der Waals surface area contributed by atoms with Gasteiger partial charge in [0.05, 0.1) is 5.75 Å². The van der Waals surface area contributed by atoms with Crippen molar-refractivity contribution >= 4 is 26.7 Å². The molecule has 1 amide bonds. The molecule has 0 spiro atoms. The number of amides is 1. The Morgan fingerprint density at radius 1 is 1.33 bits per heavy atom. The number of sulfone groups is 1. The van der Waals surface area contributed by atoms with Gasteiger partial charge in [-0.2, -0.15) is 0 Å². The third-order valence-corrected chi connectivity index (χ3v) is 5.27. The highest BCUT2D eigenvalue weighted by Gasteiger charge is 2.31. The van der Waals surface area contributed by atoms with Crippen molar-refractivity contribution in [3.63, 3.8) is 0 Å². The summed E-state index contributed by atoms with van der Waals surface area (Å²) in [5, 5.41) is 0.674. The molecule has 2 N–H and O–H groups in total. The second-order valence-electron chi connectivity index (χ2n) is 6.36. The number of rotatable bonds is 4. The summed E-state index contributed by atoms with van der Waals surface area (Å²) in [5.41, 5.74) is 6.78. The number of fused-ring (bicyclic) bond motifs is 1. The van der Waals surface area contributed by atoms with Crippen molar-refractivity contribution in [2.24, 2.45) is 5.73 Å². The number of nitrogens with two attached hydrogens (primary N) is 1. The molecule has 0 saturated carbocycles. The van der Waals surface area contributed by atoms with E-state index in [9.17, 15) is 13.2 Å². The molecular weight excluding hydrogens is 328 g/mol. The number of para-hydroxylation sites is 1. The van der Waals surface area contributed by atoms with Crippen molar-refractivity contribution < 1.29 is 17.6 Å². The molecule has 24 heavy (non-hydrogen) atoms. The van der Waals surface area contributed by atoms with E-state index >= 15 is 0 Å². The lowest BCUT2D eigenvalue weighted by Crippen LogP contribution is -2.47. The van der Waals surface area contributed by atoms with Gasteiger partial charge in [0.2, 0.25) is 0 Å². The molecule has 0 aliphatic carbocycles. The van der Waals surface area contributed by atoms with Crippen LogP contribution in [0.15, 0.2) is 28.7 Å². The number of piperidine rings is 1. The summed E-state index contributed by atoms with van der Waals surface area (Å²) in [4.78, 5) is 14.8. The molecule has 3 rings (SSSR count). The highest BCUT2D eigenvalue weighted by Crippen LogP contribution is 2.30. The Morgan fingerprint density at radius 2 is 2.08 bits per heavy atom. The zero-order chi connectivity index (χ0) is 17.3. The van der Waals surface area contributed by atoms with Crippen molar-refractivity contribution in [3.05, 3.63) is 35.6 Å². The van der Waals surface area contributed by atoms with Crippen molar-refractivity contribution in [2.75, 3.05) is 19.3 Å². The average Bonchev–Trinajstić information content (AvgIpc) is 2.91. The fourth-order valence-corrected chi connectivity index (χ4v) is 4.13. The van der Waals surface area contributed by atoms with Crippen LogP contribution in [0.5, 0.6) is 0 Å². The molecule has 0 bridgehead atoms. The second-order valence-corrected chi connectivity index (χ2v) is 8.50. The minimum Gasteiger partial charge on any atom is -0.451 e. The van der Waals surface area contributed by atoms with E-state index in [-0.39, 0.29) is 23.5 Å². The van der Waals surface area contributed by atoms with Crippen LogP contribution in [0.2, 0.25) is 0 Å². The molecule has 1 saturated heterocycles. The molecule has 6 nitrogen and oxygen atoms in total. The Kier molecular flexibility index (Phi) is 4.64. The van der Waals surface area contributed by atoms with E-state index in [2.05, 4.69) is 0 Å². The number of hydrogen-bond acceptors (Lipinski definition) is 5. The van der Waals surface area contributed by atoms with Crippen LogP contribution in [-0.2, 0) is 15.6 Å². The number of carbonyl (C=O) groups is 1. The number of likely N-dealkylation sites (tertiary alicyclic amines) is 1. The molecule has 1 atom stereocenters. The molecule has 2 aromatic rings. The van der Waals surface area contributed by atoms with E-state index < -0.39 is 9.84 Å². The van der Waals surface area contributed by atoms with Gasteiger partial charge >= 0.3 is 0 Å². The molecule has 1 fully saturated rings. The SMILES string of the molecule is CS(=O)(=O)Cc1c(C(=O)N2CCCC[C@H]2CN)oc2ccccc12. The number of furan rings is 1. The van der Waals surface area contributed by atoms with Gasteiger partial charge in [0, 0.05) is 36.3 Å². The molecule has 0 radical (unpaired) electrons. The van der Waals surface area contributed by atoms with E-state index in [1.165, 1.54) is 0 Å². The first-order chi connectivity index (χ1) is 11.4. The van der Waals surface area contributed by atoms with Crippen molar-refractivity contribution in [1.82, 2.24) is 4.90 Å². The molecule has 130 valence electrons. The quantitative estimate of drug-likeness (QED) is 0.909. The fraction of sp³-hybridized carbons (Fsp3) is 0.471. The van der Waals surface area contributed by atoms with Gasteiger partial charge in [-0.3, -0.25) is 4.79 Å². The summed E-state index contributed by atoms with van der Waals surface area (Å²) < 4.78 is 29.4. The molecular formula is C17H22N2O4S. The summed E-state index contributed by atoms with van der Waals surface area (Å²) in [6, 6.07) is 7.11. The lowest BCUT2D eigenvalue weighted by atomic mass is 10.0. The molecule has 0 unspecified atom stereocenters. The van der Waals surface area contributed by atoms with Gasteiger partial charge in [-0.1, -0.05) is 18.2 Å². The molecule has 1 aromatic carbocycles.